The van der Waals surface area contributed by atoms with Crippen LogP contribution in [0.3, 0.4) is 0 Å². The maximum absolute atomic E-state index is 12.6. The molecule has 1 amide bonds. The van der Waals surface area contributed by atoms with Gasteiger partial charge in [-0.2, -0.15) is 0 Å². The highest BCUT2D eigenvalue weighted by atomic mass is 28.4. The van der Waals surface area contributed by atoms with Crippen LogP contribution in [0.4, 0.5) is 4.79 Å². The molecule has 3 rings (SSSR count). The molecule has 1 aliphatic heterocycles. The summed E-state index contributed by atoms with van der Waals surface area (Å²) in [6.45, 7) is 13.8. The largest absolute Gasteiger partial charge is 0.444 e. The topological polar surface area (TPSA) is 38.8 Å². The number of carbonyl (C=O) groups excluding carboxylic acids is 1. The predicted molar refractivity (Wildman–Crippen MR) is 125 cm³/mol. The van der Waals surface area contributed by atoms with Crippen LogP contribution in [0.2, 0.25) is 5.04 Å². The fourth-order valence-corrected chi connectivity index (χ4v) is 8.97. The van der Waals surface area contributed by atoms with E-state index in [0.29, 0.717) is 13.1 Å². The van der Waals surface area contributed by atoms with Crippen molar-refractivity contribution < 1.29 is 14.0 Å². The second-order valence-corrected chi connectivity index (χ2v) is 14.4. The van der Waals surface area contributed by atoms with Crippen LogP contribution < -0.4 is 10.4 Å². The highest BCUT2D eigenvalue weighted by Crippen LogP contribution is 2.38. The molecule has 5 heteroatoms. The van der Waals surface area contributed by atoms with E-state index in [1.807, 2.05) is 20.8 Å². The van der Waals surface area contributed by atoms with Crippen LogP contribution in [0.5, 0.6) is 0 Å². The molecule has 1 saturated heterocycles. The summed E-state index contributed by atoms with van der Waals surface area (Å²) in [7, 11) is -2.60. The third-order valence-electron chi connectivity index (χ3n) is 5.56. The molecule has 1 fully saturated rings. The summed E-state index contributed by atoms with van der Waals surface area (Å²) in [5, 5.41) is 2.45. The first-order valence-electron chi connectivity index (χ1n) is 10.8. The molecule has 0 saturated carbocycles. The summed E-state index contributed by atoms with van der Waals surface area (Å²) < 4.78 is 12.7. The Kier molecular flexibility index (Phi) is 6.44. The summed E-state index contributed by atoms with van der Waals surface area (Å²) in [4.78, 5) is 14.4. The highest BCUT2D eigenvalue weighted by molar-refractivity contribution is 6.99. The number of carbonyl (C=O) groups is 1. The van der Waals surface area contributed by atoms with Gasteiger partial charge in [-0.15, -0.1) is 0 Å². The van der Waals surface area contributed by atoms with Crippen molar-refractivity contribution in [2.75, 3.05) is 13.1 Å². The van der Waals surface area contributed by atoms with Gasteiger partial charge in [0.1, 0.15) is 5.60 Å². The predicted octanol–water partition coefficient (Wildman–Crippen LogP) is 4.57. The van der Waals surface area contributed by atoms with Crippen molar-refractivity contribution >= 4 is 24.8 Å². The molecular formula is C25H35NO3Si. The van der Waals surface area contributed by atoms with Gasteiger partial charge in [0, 0.05) is 13.1 Å². The zero-order valence-corrected chi connectivity index (χ0v) is 20.1. The maximum atomic E-state index is 12.6. The van der Waals surface area contributed by atoms with Gasteiger partial charge in [0.2, 0.25) is 0 Å². The SMILES string of the molecule is CC(C)(C)OC(=O)N1CC[C@H](O[Si](c2ccccc2)(c2ccccc2)C(C)(C)C)C1. The van der Waals surface area contributed by atoms with Crippen LogP contribution in [0.15, 0.2) is 60.7 Å². The molecule has 0 bridgehead atoms. The van der Waals surface area contributed by atoms with Gasteiger partial charge in [-0.25, -0.2) is 4.79 Å². The lowest BCUT2D eigenvalue weighted by Gasteiger charge is -2.44. The van der Waals surface area contributed by atoms with Crippen molar-refractivity contribution in [3.05, 3.63) is 60.7 Å². The van der Waals surface area contributed by atoms with Gasteiger partial charge in [-0.05, 0) is 42.6 Å². The Morgan fingerprint density at radius 1 is 0.900 bits per heavy atom. The minimum atomic E-state index is -2.60. The first-order valence-corrected chi connectivity index (χ1v) is 12.7. The van der Waals surface area contributed by atoms with E-state index >= 15 is 0 Å². The van der Waals surface area contributed by atoms with E-state index < -0.39 is 13.9 Å². The van der Waals surface area contributed by atoms with Gasteiger partial charge in [-0.1, -0.05) is 81.4 Å². The minimum absolute atomic E-state index is 0.0103. The minimum Gasteiger partial charge on any atom is -0.444 e. The zero-order chi connectivity index (χ0) is 22.0. The van der Waals surface area contributed by atoms with Crippen molar-refractivity contribution in [3.8, 4) is 0 Å². The molecule has 2 aromatic rings. The standard InChI is InChI=1S/C25H35NO3Si/c1-24(2,3)28-23(27)26-18-17-20(19-26)29-30(25(4,5)6,21-13-9-7-10-14-21)22-15-11-8-12-16-22/h7-16,20H,17-19H2,1-6H3/t20-/m0/s1. The second kappa shape index (κ2) is 8.56. The first kappa shape index (κ1) is 22.6. The van der Waals surface area contributed by atoms with Gasteiger partial charge in [0.25, 0.3) is 8.32 Å². The van der Waals surface area contributed by atoms with E-state index in [4.69, 9.17) is 9.16 Å². The Morgan fingerprint density at radius 3 is 1.83 bits per heavy atom. The molecule has 0 N–H and O–H groups in total. The fourth-order valence-electron chi connectivity index (χ4n) is 4.26. The molecule has 0 aliphatic carbocycles. The first-order chi connectivity index (χ1) is 14.0. The number of ether oxygens (including phenoxy) is 1. The Balaban J connectivity index is 1.94. The molecule has 162 valence electrons. The van der Waals surface area contributed by atoms with Crippen molar-refractivity contribution in [3.63, 3.8) is 0 Å². The van der Waals surface area contributed by atoms with Gasteiger partial charge < -0.3 is 14.1 Å². The Bertz CT molecular complexity index is 801. The van der Waals surface area contributed by atoms with Gasteiger partial charge >= 0.3 is 6.09 Å². The quantitative estimate of drug-likeness (QED) is 0.674. The summed E-state index contributed by atoms with van der Waals surface area (Å²) in [5.41, 5.74) is -0.492. The summed E-state index contributed by atoms with van der Waals surface area (Å²) >= 11 is 0. The molecule has 0 radical (unpaired) electrons. The number of rotatable bonds is 4. The van der Waals surface area contributed by atoms with Gasteiger partial charge in [0.15, 0.2) is 0 Å². The second-order valence-electron chi connectivity index (χ2n) is 10.1. The lowest BCUT2D eigenvalue weighted by molar-refractivity contribution is 0.0274. The van der Waals surface area contributed by atoms with E-state index in [9.17, 15) is 4.79 Å². The van der Waals surface area contributed by atoms with Crippen molar-refractivity contribution in [1.29, 1.82) is 0 Å². The zero-order valence-electron chi connectivity index (χ0n) is 19.1. The van der Waals surface area contributed by atoms with Crippen molar-refractivity contribution in [2.45, 2.75) is 64.7 Å². The molecule has 2 aromatic carbocycles. The maximum Gasteiger partial charge on any atom is 0.410 e. The smallest absolute Gasteiger partial charge is 0.410 e. The van der Waals surface area contributed by atoms with Crippen LogP contribution in [-0.4, -0.2) is 44.1 Å². The fraction of sp³-hybridized carbons (Fsp3) is 0.480. The van der Waals surface area contributed by atoms with Crippen molar-refractivity contribution in [2.24, 2.45) is 0 Å². The Hall–Kier alpha value is -2.11. The van der Waals surface area contributed by atoms with Gasteiger partial charge in [0.05, 0.1) is 6.10 Å². The van der Waals surface area contributed by atoms with Gasteiger partial charge in [-0.3, -0.25) is 0 Å². The third kappa shape index (κ3) is 4.78. The van der Waals surface area contributed by atoms with Crippen LogP contribution in [0.1, 0.15) is 48.0 Å². The Labute approximate surface area is 182 Å². The number of benzene rings is 2. The van der Waals surface area contributed by atoms with Crippen molar-refractivity contribution in [1.82, 2.24) is 4.90 Å². The van der Waals surface area contributed by atoms with E-state index in [0.717, 1.165) is 6.42 Å². The average Bonchev–Trinajstić information content (AvgIpc) is 3.14. The van der Waals surface area contributed by atoms with Crippen LogP contribution >= 0.6 is 0 Å². The van der Waals surface area contributed by atoms with E-state index in [2.05, 4.69) is 81.4 Å². The van der Waals surface area contributed by atoms with E-state index in [1.54, 1.807) is 4.90 Å². The average molecular weight is 426 g/mol. The number of hydrogen-bond acceptors (Lipinski definition) is 3. The summed E-state index contributed by atoms with van der Waals surface area (Å²) in [6.07, 6.45) is 0.559. The number of nitrogens with zero attached hydrogens (tertiary/aromatic N) is 1. The molecular weight excluding hydrogens is 390 g/mol. The normalized spacial score (nSPS) is 17.8. The number of amides is 1. The van der Waals surface area contributed by atoms with E-state index in [1.165, 1.54) is 10.4 Å². The van der Waals surface area contributed by atoms with Crippen LogP contribution in [0.25, 0.3) is 0 Å². The van der Waals surface area contributed by atoms with E-state index in [-0.39, 0.29) is 17.2 Å². The van der Waals surface area contributed by atoms with Crippen LogP contribution in [0, 0.1) is 0 Å². The summed E-state index contributed by atoms with van der Waals surface area (Å²) in [6, 6.07) is 21.3. The molecule has 1 aliphatic rings. The number of likely N-dealkylation sites (tertiary alicyclic amines) is 1. The Morgan fingerprint density at radius 2 is 1.40 bits per heavy atom. The molecule has 0 spiro atoms. The number of hydrogen-bond donors (Lipinski definition) is 0. The van der Waals surface area contributed by atoms with Crippen LogP contribution in [-0.2, 0) is 9.16 Å². The molecule has 0 aromatic heterocycles. The monoisotopic (exact) mass is 425 g/mol. The molecule has 4 nitrogen and oxygen atoms in total. The molecule has 0 unspecified atom stereocenters. The molecule has 1 heterocycles. The lowest BCUT2D eigenvalue weighted by atomic mass is 10.2. The molecule has 30 heavy (non-hydrogen) atoms. The molecule has 1 atom stereocenters. The summed E-state index contributed by atoms with van der Waals surface area (Å²) in [5.74, 6) is 0. The highest BCUT2D eigenvalue weighted by Gasteiger charge is 2.52. The lowest BCUT2D eigenvalue weighted by Crippen LogP contribution is -2.67. The third-order valence-corrected chi connectivity index (χ3v) is 10.6.